The van der Waals surface area contributed by atoms with Crippen LogP contribution in [-0.2, 0) is 0 Å². The molecular weight excluding hydrogens is 192 g/mol. The summed E-state index contributed by atoms with van der Waals surface area (Å²) in [6.45, 7) is 4.48. The van der Waals surface area contributed by atoms with Crippen molar-refractivity contribution in [3.8, 4) is 0 Å². The van der Waals surface area contributed by atoms with E-state index in [1.807, 2.05) is 0 Å². The molecule has 0 bridgehead atoms. The number of likely N-dealkylation sites (tertiary alicyclic amines) is 1. The van der Waals surface area contributed by atoms with Crippen LogP contribution in [0.4, 0.5) is 0 Å². The summed E-state index contributed by atoms with van der Waals surface area (Å²) in [6, 6.07) is 0. The highest BCUT2D eigenvalue weighted by Gasteiger charge is 2.43. The van der Waals surface area contributed by atoms with Crippen molar-refractivity contribution in [2.75, 3.05) is 31.9 Å². The summed E-state index contributed by atoms with van der Waals surface area (Å²) < 4.78 is 0. The van der Waals surface area contributed by atoms with Gasteiger partial charge in [0.25, 0.3) is 0 Å². The minimum atomic E-state index is 0.655. The summed E-state index contributed by atoms with van der Waals surface area (Å²) in [5.41, 5.74) is 6.25. The Morgan fingerprint density at radius 2 is 2.29 bits per heavy atom. The Labute approximate surface area is 92.6 Å². The number of nitrogens with two attached hydrogens (primary N) is 1. The van der Waals surface area contributed by atoms with Gasteiger partial charge in [0.2, 0.25) is 0 Å². The average Bonchev–Trinajstić information content (AvgIpc) is 2.76. The zero-order valence-corrected chi connectivity index (χ0v) is 9.81. The zero-order valence-electron chi connectivity index (χ0n) is 8.91. The lowest BCUT2D eigenvalue weighted by Crippen LogP contribution is -2.30. The molecule has 0 radical (unpaired) electrons. The topological polar surface area (TPSA) is 29.3 Å². The second kappa shape index (κ2) is 4.42. The highest BCUT2D eigenvalue weighted by atomic mass is 32.1. The quantitative estimate of drug-likeness (QED) is 0.695. The van der Waals surface area contributed by atoms with Crippen LogP contribution in [0.3, 0.4) is 0 Å². The number of rotatable bonds is 3. The van der Waals surface area contributed by atoms with Gasteiger partial charge in [-0.1, -0.05) is 0 Å². The van der Waals surface area contributed by atoms with E-state index in [0.29, 0.717) is 5.41 Å². The molecule has 2 nitrogen and oxygen atoms in total. The van der Waals surface area contributed by atoms with Crippen molar-refractivity contribution >= 4 is 12.6 Å². The molecule has 0 aromatic rings. The van der Waals surface area contributed by atoms with Gasteiger partial charge in [-0.25, -0.2) is 0 Å². The molecule has 1 aliphatic carbocycles. The van der Waals surface area contributed by atoms with E-state index in [2.05, 4.69) is 17.5 Å². The predicted octanol–water partition coefficient (Wildman–Crippen LogP) is 1.37. The molecule has 1 aliphatic heterocycles. The maximum Gasteiger partial charge on any atom is 0.0105 e. The first kappa shape index (κ1) is 10.8. The maximum absolute atomic E-state index is 5.60. The van der Waals surface area contributed by atoms with Crippen molar-refractivity contribution in [1.82, 2.24) is 4.90 Å². The van der Waals surface area contributed by atoms with E-state index in [-0.39, 0.29) is 0 Å². The van der Waals surface area contributed by atoms with Gasteiger partial charge in [0.15, 0.2) is 0 Å². The highest BCUT2D eigenvalue weighted by molar-refractivity contribution is 7.80. The van der Waals surface area contributed by atoms with E-state index in [0.717, 1.165) is 24.8 Å². The highest BCUT2D eigenvalue weighted by Crippen LogP contribution is 2.48. The predicted molar refractivity (Wildman–Crippen MR) is 63.7 cm³/mol. The molecule has 1 saturated carbocycles. The molecule has 0 unspecified atom stereocenters. The molecule has 2 rings (SSSR count). The number of hydrogen-bond acceptors (Lipinski definition) is 3. The van der Waals surface area contributed by atoms with Crippen molar-refractivity contribution in [2.45, 2.75) is 25.7 Å². The van der Waals surface area contributed by atoms with Crippen LogP contribution in [0.5, 0.6) is 0 Å². The van der Waals surface area contributed by atoms with Gasteiger partial charge in [-0.2, -0.15) is 12.6 Å². The van der Waals surface area contributed by atoms with E-state index < -0.39 is 0 Å². The fraction of sp³-hybridized carbons (Fsp3) is 1.00. The fourth-order valence-corrected chi connectivity index (χ4v) is 3.57. The van der Waals surface area contributed by atoms with E-state index in [1.54, 1.807) is 0 Å². The van der Waals surface area contributed by atoms with Gasteiger partial charge in [0.05, 0.1) is 0 Å². The molecule has 1 spiro atoms. The maximum atomic E-state index is 5.60. The first-order valence-corrected chi connectivity index (χ1v) is 6.44. The fourth-order valence-electron chi connectivity index (χ4n) is 3.25. The molecular formula is C11H22N2S. The smallest absolute Gasteiger partial charge is 0.0105 e. The molecule has 3 heteroatoms. The van der Waals surface area contributed by atoms with Gasteiger partial charge >= 0.3 is 0 Å². The van der Waals surface area contributed by atoms with E-state index >= 15 is 0 Å². The average molecular weight is 214 g/mol. The van der Waals surface area contributed by atoms with Gasteiger partial charge in [0, 0.05) is 19.6 Å². The van der Waals surface area contributed by atoms with Gasteiger partial charge < -0.3 is 10.6 Å². The van der Waals surface area contributed by atoms with Crippen LogP contribution in [0.1, 0.15) is 25.7 Å². The Balaban J connectivity index is 1.87. The Bertz CT molecular complexity index is 198. The van der Waals surface area contributed by atoms with Crippen molar-refractivity contribution in [3.05, 3.63) is 0 Å². The summed E-state index contributed by atoms with van der Waals surface area (Å²) in [6.07, 6.45) is 5.65. The van der Waals surface area contributed by atoms with Gasteiger partial charge in [-0.05, 0) is 49.3 Å². The third-order valence-corrected chi connectivity index (χ3v) is 4.54. The molecule has 1 heterocycles. The van der Waals surface area contributed by atoms with Crippen LogP contribution in [0, 0.1) is 11.3 Å². The van der Waals surface area contributed by atoms with Crippen LogP contribution in [0.25, 0.3) is 0 Å². The first-order chi connectivity index (χ1) is 6.78. The molecule has 0 aromatic carbocycles. The molecule has 82 valence electrons. The molecule has 0 amide bonds. The van der Waals surface area contributed by atoms with Crippen LogP contribution < -0.4 is 5.73 Å². The van der Waals surface area contributed by atoms with Gasteiger partial charge in [-0.3, -0.25) is 0 Å². The van der Waals surface area contributed by atoms with Crippen LogP contribution >= 0.6 is 12.6 Å². The second-order valence-electron chi connectivity index (χ2n) is 5.11. The Hall–Kier alpha value is 0.270. The van der Waals surface area contributed by atoms with Crippen LogP contribution in [-0.4, -0.2) is 36.8 Å². The van der Waals surface area contributed by atoms with E-state index in [9.17, 15) is 0 Å². The normalized spacial score (nSPS) is 38.6. The van der Waals surface area contributed by atoms with Crippen molar-refractivity contribution in [2.24, 2.45) is 17.1 Å². The third-order valence-electron chi connectivity index (χ3n) is 4.03. The summed E-state index contributed by atoms with van der Waals surface area (Å²) in [5.74, 6) is 1.97. The first-order valence-electron chi connectivity index (χ1n) is 5.81. The largest absolute Gasteiger partial charge is 0.329 e. The lowest BCUT2D eigenvalue weighted by atomic mass is 9.85. The Morgan fingerprint density at radius 3 is 2.93 bits per heavy atom. The Kier molecular flexibility index (Phi) is 3.40. The number of hydrogen-bond donors (Lipinski definition) is 2. The monoisotopic (exact) mass is 214 g/mol. The second-order valence-corrected chi connectivity index (χ2v) is 5.47. The lowest BCUT2D eigenvalue weighted by Gasteiger charge is -2.24. The van der Waals surface area contributed by atoms with Gasteiger partial charge in [-0.15, -0.1) is 0 Å². The van der Waals surface area contributed by atoms with Crippen molar-refractivity contribution in [3.63, 3.8) is 0 Å². The molecule has 1 saturated heterocycles. The number of nitrogens with zero attached hydrogens (tertiary/aromatic N) is 1. The molecule has 14 heavy (non-hydrogen) atoms. The molecule has 2 aliphatic rings. The van der Waals surface area contributed by atoms with Crippen LogP contribution in [0.2, 0.25) is 0 Å². The van der Waals surface area contributed by atoms with Crippen molar-refractivity contribution in [1.29, 1.82) is 0 Å². The third kappa shape index (κ3) is 2.10. The van der Waals surface area contributed by atoms with E-state index in [1.165, 1.54) is 38.8 Å². The zero-order chi connectivity index (χ0) is 10.0. The standard InChI is InChI=1S/C11H22N2S/c12-4-6-13-5-3-11(9-13)2-1-10(7-11)8-14/h10,14H,1-9,12H2/t10-,11-/m1/s1. The van der Waals surface area contributed by atoms with Crippen molar-refractivity contribution < 1.29 is 0 Å². The summed E-state index contributed by atoms with van der Waals surface area (Å²) >= 11 is 4.42. The minimum absolute atomic E-state index is 0.655. The Morgan fingerprint density at radius 1 is 1.43 bits per heavy atom. The molecule has 2 fully saturated rings. The molecule has 0 aromatic heterocycles. The SMILES string of the molecule is NCCN1CC[C@@]2(CC[C@@H](CS)C2)C1. The molecule has 2 atom stereocenters. The summed E-state index contributed by atoms with van der Waals surface area (Å²) in [7, 11) is 0. The van der Waals surface area contributed by atoms with Gasteiger partial charge in [0.1, 0.15) is 0 Å². The summed E-state index contributed by atoms with van der Waals surface area (Å²) in [4.78, 5) is 2.54. The van der Waals surface area contributed by atoms with E-state index in [4.69, 9.17) is 5.73 Å². The lowest BCUT2D eigenvalue weighted by molar-refractivity contribution is 0.260. The number of thiol groups is 1. The molecule has 2 N–H and O–H groups in total. The summed E-state index contributed by atoms with van der Waals surface area (Å²) in [5, 5.41) is 0. The minimum Gasteiger partial charge on any atom is -0.329 e. The van der Waals surface area contributed by atoms with Crippen LogP contribution in [0.15, 0.2) is 0 Å².